The quantitative estimate of drug-likeness (QED) is 0.395. The number of carbonyl (C=O) groups is 3. The van der Waals surface area contributed by atoms with Crippen molar-refractivity contribution in [1.29, 1.82) is 0 Å². The second-order valence-electron chi connectivity index (χ2n) is 9.31. The highest BCUT2D eigenvalue weighted by Crippen LogP contribution is 2.35. The molecular formula is C23H33F3N2O5. The Morgan fingerprint density at radius 2 is 1.55 bits per heavy atom. The first-order valence-corrected chi connectivity index (χ1v) is 10.7. The van der Waals surface area contributed by atoms with Crippen molar-refractivity contribution in [1.82, 2.24) is 5.32 Å². The minimum absolute atomic E-state index is 0.00468. The number of amides is 1. The predicted octanol–water partition coefficient (Wildman–Crippen LogP) is 3.80. The Morgan fingerprint density at radius 1 is 1.03 bits per heavy atom. The van der Waals surface area contributed by atoms with Crippen LogP contribution in [0.25, 0.3) is 0 Å². The molecule has 10 heteroatoms. The first-order chi connectivity index (χ1) is 15.0. The van der Waals surface area contributed by atoms with Gasteiger partial charge < -0.3 is 20.5 Å². The van der Waals surface area contributed by atoms with Crippen LogP contribution in [-0.4, -0.2) is 43.2 Å². The number of hydrogen-bond acceptors (Lipinski definition) is 6. The van der Waals surface area contributed by atoms with Crippen molar-refractivity contribution in [2.75, 3.05) is 13.2 Å². The van der Waals surface area contributed by atoms with Gasteiger partial charge in [-0.3, -0.25) is 9.59 Å². The fraction of sp³-hybridized carbons (Fsp3) is 0.609. The molecule has 0 aromatic heterocycles. The second-order valence-corrected chi connectivity index (χ2v) is 9.31. The number of halogens is 3. The molecule has 0 aliphatic rings. The van der Waals surface area contributed by atoms with Gasteiger partial charge in [0.1, 0.15) is 18.4 Å². The van der Waals surface area contributed by atoms with Gasteiger partial charge in [0.05, 0.1) is 6.42 Å². The molecule has 0 unspecified atom stereocenters. The molecule has 1 aromatic carbocycles. The third kappa shape index (κ3) is 9.03. The van der Waals surface area contributed by atoms with Crippen molar-refractivity contribution in [3.8, 4) is 5.75 Å². The summed E-state index contributed by atoms with van der Waals surface area (Å²) in [6, 6.07) is 4.27. The minimum atomic E-state index is -5.16. The van der Waals surface area contributed by atoms with Gasteiger partial charge in [-0.05, 0) is 28.4 Å². The number of para-hydroxylation sites is 1. The lowest BCUT2D eigenvalue weighted by atomic mass is 9.89. The van der Waals surface area contributed by atoms with E-state index in [0.29, 0.717) is 5.75 Å². The molecule has 0 heterocycles. The summed E-state index contributed by atoms with van der Waals surface area (Å²) in [5.41, 5.74) is 6.58. The van der Waals surface area contributed by atoms with Crippen molar-refractivity contribution in [3.05, 3.63) is 29.3 Å². The van der Waals surface area contributed by atoms with E-state index in [2.05, 4.69) is 10.1 Å². The van der Waals surface area contributed by atoms with Crippen molar-refractivity contribution in [2.24, 2.45) is 11.1 Å². The summed E-state index contributed by atoms with van der Waals surface area (Å²) in [4.78, 5) is 35.5. The molecule has 0 fully saturated rings. The topological polar surface area (TPSA) is 108 Å². The van der Waals surface area contributed by atoms with E-state index in [4.69, 9.17) is 10.5 Å². The van der Waals surface area contributed by atoms with E-state index >= 15 is 0 Å². The summed E-state index contributed by atoms with van der Waals surface area (Å²) in [6.45, 7) is 10.6. The van der Waals surface area contributed by atoms with Crippen LogP contribution >= 0.6 is 0 Å². The molecular weight excluding hydrogens is 441 g/mol. The molecule has 0 aliphatic carbocycles. The fourth-order valence-electron chi connectivity index (χ4n) is 2.98. The molecule has 0 radical (unpaired) electrons. The zero-order valence-corrected chi connectivity index (χ0v) is 19.8. The Bertz CT molecular complexity index is 825. The van der Waals surface area contributed by atoms with Crippen LogP contribution in [0.3, 0.4) is 0 Å². The highest BCUT2D eigenvalue weighted by molar-refractivity contribution is 5.82. The smallest absolute Gasteiger partial charge is 0.457 e. The van der Waals surface area contributed by atoms with Gasteiger partial charge in [0, 0.05) is 6.54 Å². The van der Waals surface area contributed by atoms with Gasteiger partial charge >= 0.3 is 18.1 Å². The number of ether oxygens (including phenoxy) is 2. The molecule has 3 N–H and O–H groups in total. The Balaban J connectivity index is 2.71. The van der Waals surface area contributed by atoms with Crippen LogP contribution in [0, 0.1) is 5.41 Å². The average molecular weight is 475 g/mol. The van der Waals surface area contributed by atoms with E-state index < -0.39 is 42.1 Å². The number of carbonyl (C=O) groups excluding carboxylic acids is 3. The van der Waals surface area contributed by atoms with E-state index in [9.17, 15) is 27.6 Å². The third-order valence-electron chi connectivity index (χ3n) is 4.86. The monoisotopic (exact) mass is 474 g/mol. The van der Waals surface area contributed by atoms with Crippen molar-refractivity contribution >= 4 is 17.8 Å². The van der Waals surface area contributed by atoms with Gasteiger partial charge in [-0.25, -0.2) is 4.79 Å². The van der Waals surface area contributed by atoms with E-state index in [1.165, 1.54) is 0 Å². The average Bonchev–Trinajstić information content (AvgIpc) is 2.68. The van der Waals surface area contributed by atoms with Crippen LogP contribution in [0.5, 0.6) is 5.75 Å². The van der Waals surface area contributed by atoms with Gasteiger partial charge in [-0.15, -0.1) is 0 Å². The van der Waals surface area contributed by atoms with Crippen molar-refractivity contribution in [2.45, 2.75) is 72.0 Å². The molecule has 1 atom stereocenters. The van der Waals surface area contributed by atoms with Crippen molar-refractivity contribution in [3.63, 3.8) is 0 Å². The molecule has 1 amide bonds. The van der Waals surface area contributed by atoms with E-state index in [1.807, 2.05) is 45.9 Å². The molecule has 33 heavy (non-hydrogen) atoms. The van der Waals surface area contributed by atoms with E-state index in [-0.39, 0.29) is 24.8 Å². The molecule has 1 aromatic rings. The lowest BCUT2D eigenvalue weighted by Crippen LogP contribution is -2.47. The lowest BCUT2D eigenvalue weighted by Gasteiger charge is -2.26. The van der Waals surface area contributed by atoms with E-state index in [1.54, 1.807) is 13.8 Å². The zero-order valence-electron chi connectivity index (χ0n) is 19.8. The Hall–Kier alpha value is -2.62. The van der Waals surface area contributed by atoms with E-state index in [0.717, 1.165) is 11.1 Å². The number of benzene rings is 1. The summed E-state index contributed by atoms with van der Waals surface area (Å²) in [5.74, 6) is -2.87. The molecule has 0 bridgehead atoms. The zero-order chi connectivity index (χ0) is 25.6. The fourth-order valence-corrected chi connectivity index (χ4v) is 2.98. The number of rotatable bonds is 10. The van der Waals surface area contributed by atoms with Gasteiger partial charge in [-0.2, -0.15) is 13.2 Å². The molecule has 1 rings (SSSR count). The number of nitrogens with one attached hydrogen (secondary N) is 1. The van der Waals surface area contributed by atoms with Crippen LogP contribution in [0.1, 0.15) is 70.9 Å². The van der Waals surface area contributed by atoms with Crippen LogP contribution in [0.15, 0.2) is 18.2 Å². The maximum Gasteiger partial charge on any atom is 0.490 e. The largest absolute Gasteiger partial charge is 0.490 e. The molecule has 7 nitrogen and oxygen atoms in total. The minimum Gasteiger partial charge on any atom is -0.457 e. The Morgan fingerprint density at radius 3 is 2.00 bits per heavy atom. The maximum atomic E-state index is 12.7. The Labute approximate surface area is 192 Å². The number of hydrogen-bond donors (Lipinski definition) is 2. The molecule has 0 saturated heterocycles. The lowest BCUT2D eigenvalue weighted by molar-refractivity contribution is -0.200. The SMILES string of the molecule is CC(C)c1cccc(C(C)C)c1OC(=O)CC(C)(C)CNC(=O)[C@@H](N)COC(=O)C(F)(F)F. The van der Waals surface area contributed by atoms with Crippen molar-refractivity contribution < 1.29 is 37.0 Å². The van der Waals surface area contributed by atoms with Gasteiger partial charge in [-0.1, -0.05) is 59.7 Å². The molecule has 0 spiro atoms. The van der Waals surface area contributed by atoms with Crippen LogP contribution in [0.2, 0.25) is 0 Å². The number of esters is 2. The second kappa shape index (κ2) is 11.5. The first kappa shape index (κ1) is 28.4. The summed E-state index contributed by atoms with van der Waals surface area (Å²) in [6.07, 6.45) is -5.20. The summed E-state index contributed by atoms with van der Waals surface area (Å²) < 4.78 is 46.2. The summed E-state index contributed by atoms with van der Waals surface area (Å²) in [7, 11) is 0. The molecule has 0 aliphatic heterocycles. The highest BCUT2D eigenvalue weighted by Gasteiger charge is 2.41. The number of nitrogens with two attached hydrogens (primary N) is 1. The predicted molar refractivity (Wildman–Crippen MR) is 117 cm³/mol. The van der Waals surface area contributed by atoms with Crippen LogP contribution in [-0.2, 0) is 19.1 Å². The molecule has 0 saturated carbocycles. The van der Waals surface area contributed by atoms with Gasteiger partial charge in [0.15, 0.2) is 0 Å². The highest BCUT2D eigenvalue weighted by atomic mass is 19.4. The van der Waals surface area contributed by atoms with Gasteiger partial charge in [0.2, 0.25) is 5.91 Å². The first-order valence-electron chi connectivity index (χ1n) is 10.7. The molecule has 186 valence electrons. The summed E-state index contributed by atoms with van der Waals surface area (Å²) >= 11 is 0. The van der Waals surface area contributed by atoms with Crippen LogP contribution in [0.4, 0.5) is 13.2 Å². The standard InChI is InChI=1S/C23H33F3N2O5/c1-13(2)15-8-7-9-16(14(3)4)19(15)33-18(29)10-22(5,6)12-28-20(30)17(27)11-32-21(31)23(24,25)26/h7-9,13-14,17H,10-12,27H2,1-6H3,(H,28,30)/t17-/m0/s1. The maximum absolute atomic E-state index is 12.7. The third-order valence-corrected chi connectivity index (χ3v) is 4.86. The van der Waals surface area contributed by atoms with Gasteiger partial charge in [0.25, 0.3) is 0 Å². The number of alkyl halides is 3. The Kier molecular flexibility index (Phi) is 9.89. The summed E-state index contributed by atoms with van der Waals surface area (Å²) in [5, 5.41) is 2.47. The normalized spacial score (nSPS) is 13.1. The van der Waals surface area contributed by atoms with Crippen LogP contribution < -0.4 is 15.8 Å².